The van der Waals surface area contributed by atoms with Gasteiger partial charge in [-0.3, -0.25) is 0 Å². The van der Waals surface area contributed by atoms with Gasteiger partial charge in [-0.1, -0.05) is 12.8 Å². The predicted octanol–water partition coefficient (Wildman–Crippen LogP) is 5.35. The Morgan fingerprint density at radius 1 is 1.04 bits per heavy atom. The molecule has 126 valence electrons. The Labute approximate surface area is 149 Å². The van der Waals surface area contributed by atoms with Gasteiger partial charge in [0.1, 0.15) is 11.6 Å². The molecule has 0 saturated heterocycles. The van der Waals surface area contributed by atoms with Crippen LogP contribution in [0.3, 0.4) is 0 Å². The molecular weight excluding hydrogens is 371 g/mol. The summed E-state index contributed by atoms with van der Waals surface area (Å²) in [4.78, 5) is 9.32. The van der Waals surface area contributed by atoms with E-state index in [4.69, 9.17) is 4.98 Å². The second kappa shape index (κ2) is 6.67. The van der Waals surface area contributed by atoms with Gasteiger partial charge in [0.05, 0.1) is 11.4 Å². The lowest BCUT2D eigenvalue weighted by molar-refractivity contribution is 0.627. The highest BCUT2D eigenvalue weighted by Crippen LogP contribution is 2.40. The molecule has 2 saturated carbocycles. The number of halogens is 2. The second-order valence-corrected chi connectivity index (χ2v) is 7.51. The summed E-state index contributed by atoms with van der Waals surface area (Å²) in [6, 6.07) is 7.08. The van der Waals surface area contributed by atoms with Crippen LogP contribution in [-0.2, 0) is 0 Å². The highest BCUT2D eigenvalue weighted by molar-refractivity contribution is 9.10. The van der Waals surface area contributed by atoms with Crippen LogP contribution in [0.15, 0.2) is 28.7 Å². The van der Waals surface area contributed by atoms with Crippen molar-refractivity contribution in [2.45, 2.75) is 50.5 Å². The Balaban J connectivity index is 1.59. The van der Waals surface area contributed by atoms with Gasteiger partial charge in [-0.05, 0) is 59.8 Å². The van der Waals surface area contributed by atoms with Crippen molar-refractivity contribution in [3.8, 4) is 0 Å². The van der Waals surface area contributed by atoms with E-state index < -0.39 is 0 Å². The first-order valence-electron chi connectivity index (χ1n) is 8.55. The molecule has 2 fully saturated rings. The van der Waals surface area contributed by atoms with Crippen LogP contribution in [0, 0.1) is 5.82 Å². The lowest BCUT2D eigenvalue weighted by Gasteiger charge is -2.15. The molecule has 24 heavy (non-hydrogen) atoms. The molecule has 0 bridgehead atoms. The first-order chi connectivity index (χ1) is 11.7. The third-order valence-electron chi connectivity index (χ3n) is 4.62. The number of benzene rings is 1. The van der Waals surface area contributed by atoms with Gasteiger partial charge in [0, 0.05) is 22.5 Å². The SMILES string of the molecule is Fc1ccc(Nc2cc(C3CC3)nc(NC3CCCC3)n2)c(Br)c1. The largest absolute Gasteiger partial charge is 0.351 e. The average molecular weight is 391 g/mol. The number of hydrogen-bond acceptors (Lipinski definition) is 4. The summed E-state index contributed by atoms with van der Waals surface area (Å²) in [5, 5.41) is 6.76. The van der Waals surface area contributed by atoms with E-state index in [1.807, 2.05) is 6.07 Å². The molecule has 0 spiro atoms. The van der Waals surface area contributed by atoms with E-state index in [0.717, 1.165) is 17.2 Å². The standard InChI is InChI=1S/C18H20BrFN4/c19-14-9-12(20)7-8-15(14)22-17-10-16(11-5-6-11)23-18(24-17)21-13-3-1-2-4-13/h7-11,13H,1-6H2,(H2,21,22,23,24). The quantitative estimate of drug-likeness (QED) is 0.721. The number of rotatable bonds is 5. The smallest absolute Gasteiger partial charge is 0.225 e. The number of nitrogens with one attached hydrogen (secondary N) is 2. The van der Waals surface area contributed by atoms with Crippen molar-refractivity contribution in [2.24, 2.45) is 0 Å². The van der Waals surface area contributed by atoms with Gasteiger partial charge in [0.25, 0.3) is 0 Å². The van der Waals surface area contributed by atoms with Crippen LogP contribution in [0.4, 0.5) is 21.8 Å². The highest BCUT2D eigenvalue weighted by Gasteiger charge is 2.27. The number of anilines is 3. The van der Waals surface area contributed by atoms with Crippen LogP contribution in [-0.4, -0.2) is 16.0 Å². The van der Waals surface area contributed by atoms with E-state index in [1.165, 1.54) is 50.7 Å². The molecule has 4 rings (SSSR count). The van der Waals surface area contributed by atoms with Gasteiger partial charge < -0.3 is 10.6 Å². The molecule has 0 amide bonds. The fraction of sp³-hybridized carbons (Fsp3) is 0.444. The normalized spacial score (nSPS) is 17.9. The maximum Gasteiger partial charge on any atom is 0.225 e. The first kappa shape index (κ1) is 15.8. The number of nitrogens with zero attached hydrogens (tertiary/aromatic N) is 2. The van der Waals surface area contributed by atoms with Gasteiger partial charge in [0.2, 0.25) is 5.95 Å². The summed E-state index contributed by atoms with van der Waals surface area (Å²) < 4.78 is 13.9. The summed E-state index contributed by atoms with van der Waals surface area (Å²) in [6.45, 7) is 0. The maximum absolute atomic E-state index is 13.3. The molecule has 1 aromatic carbocycles. The Bertz CT molecular complexity index is 742. The molecule has 2 N–H and O–H groups in total. The van der Waals surface area contributed by atoms with Gasteiger partial charge >= 0.3 is 0 Å². The number of aromatic nitrogens is 2. The molecule has 0 atom stereocenters. The zero-order valence-electron chi connectivity index (χ0n) is 13.4. The van der Waals surface area contributed by atoms with Crippen LogP contribution in [0.1, 0.15) is 50.1 Å². The third kappa shape index (κ3) is 3.69. The van der Waals surface area contributed by atoms with Crippen molar-refractivity contribution < 1.29 is 4.39 Å². The van der Waals surface area contributed by atoms with Crippen molar-refractivity contribution in [3.63, 3.8) is 0 Å². The topological polar surface area (TPSA) is 49.8 Å². The molecule has 0 unspecified atom stereocenters. The summed E-state index contributed by atoms with van der Waals surface area (Å²) in [5.74, 6) is 1.73. The van der Waals surface area contributed by atoms with Crippen LogP contribution < -0.4 is 10.6 Å². The molecule has 0 radical (unpaired) electrons. The molecular formula is C18H20BrFN4. The van der Waals surface area contributed by atoms with E-state index in [-0.39, 0.29) is 5.82 Å². The summed E-state index contributed by atoms with van der Waals surface area (Å²) in [7, 11) is 0. The van der Waals surface area contributed by atoms with Crippen molar-refractivity contribution in [3.05, 3.63) is 40.2 Å². The molecule has 2 aliphatic carbocycles. The lowest BCUT2D eigenvalue weighted by atomic mass is 10.2. The van der Waals surface area contributed by atoms with Crippen molar-refractivity contribution >= 4 is 33.4 Å². The summed E-state index contributed by atoms with van der Waals surface area (Å²) in [6.07, 6.45) is 7.30. The molecule has 2 aliphatic rings. The minimum absolute atomic E-state index is 0.266. The molecule has 1 aromatic heterocycles. The summed E-state index contributed by atoms with van der Waals surface area (Å²) >= 11 is 3.39. The zero-order valence-corrected chi connectivity index (χ0v) is 14.9. The maximum atomic E-state index is 13.3. The van der Waals surface area contributed by atoms with Crippen LogP contribution >= 0.6 is 15.9 Å². The van der Waals surface area contributed by atoms with E-state index in [2.05, 4.69) is 31.5 Å². The van der Waals surface area contributed by atoms with Crippen LogP contribution in [0.5, 0.6) is 0 Å². The minimum atomic E-state index is -0.266. The van der Waals surface area contributed by atoms with Gasteiger partial charge in [0.15, 0.2) is 0 Å². The monoisotopic (exact) mass is 390 g/mol. The minimum Gasteiger partial charge on any atom is -0.351 e. The fourth-order valence-electron chi connectivity index (χ4n) is 3.16. The number of hydrogen-bond donors (Lipinski definition) is 2. The van der Waals surface area contributed by atoms with Crippen molar-refractivity contribution in [2.75, 3.05) is 10.6 Å². The first-order valence-corrected chi connectivity index (χ1v) is 9.34. The van der Waals surface area contributed by atoms with E-state index in [0.29, 0.717) is 22.4 Å². The Hall–Kier alpha value is -1.69. The molecule has 0 aliphatic heterocycles. The molecule has 6 heteroatoms. The van der Waals surface area contributed by atoms with E-state index in [1.54, 1.807) is 6.07 Å². The second-order valence-electron chi connectivity index (χ2n) is 6.65. The predicted molar refractivity (Wildman–Crippen MR) is 97.3 cm³/mol. The lowest BCUT2D eigenvalue weighted by Crippen LogP contribution is -2.17. The van der Waals surface area contributed by atoms with Crippen molar-refractivity contribution in [1.82, 2.24) is 9.97 Å². The molecule has 4 nitrogen and oxygen atoms in total. The van der Waals surface area contributed by atoms with Gasteiger partial charge in [-0.15, -0.1) is 0 Å². The van der Waals surface area contributed by atoms with E-state index >= 15 is 0 Å². The Morgan fingerprint density at radius 3 is 2.54 bits per heavy atom. The van der Waals surface area contributed by atoms with Gasteiger partial charge in [-0.2, -0.15) is 4.98 Å². The Morgan fingerprint density at radius 2 is 1.83 bits per heavy atom. The van der Waals surface area contributed by atoms with Gasteiger partial charge in [-0.25, -0.2) is 9.37 Å². The third-order valence-corrected chi connectivity index (χ3v) is 5.28. The highest BCUT2D eigenvalue weighted by atomic mass is 79.9. The summed E-state index contributed by atoms with van der Waals surface area (Å²) in [5.41, 5.74) is 1.88. The van der Waals surface area contributed by atoms with E-state index in [9.17, 15) is 4.39 Å². The zero-order chi connectivity index (χ0) is 16.5. The fourth-order valence-corrected chi connectivity index (χ4v) is 3.61. The van der Waals surface area contributed by atoms with Crippen LogP contribution in [0.25, 0.3) is 0 Å². The average Bonchev–Trinajstić information content (AvgIpc) is 3.29. The molecule has 2 aromatic rings. The van der Waals surface area contributed by atoms with Crippen molar-refractivity contribution in [1.29, 1.82) is 0 Å². The molecule has 1 heterocycles. The Kier molecular flexibility index (Phi) is 4.39. The van der Waals surface area contributed by atoms with Crippen LogP contribution in [0.2, 0.25) is 0 Å².